The van der Waals surface area contributed by atoms with Crippen LogP contribution in [0.3, 0.4) is 0 Å². The Kier molecular flexibility index (Phi) is 4.53. The van der Waals surface area contributed by atoms with Gasteiger partial charge in [0.25, 0.3) is 5.91 Å². The zero-order chi connectivity index (χ0) is 22.7. The van der Waals surface area contributed by atoms with E-state index in [1.54, 1.807) is 31.7 Å². The summed E-state index contributed by atoms with van der Waals surface area (Å²) < 4.78 is 22.3. The van der Waals surface area contributed by atoms with Gasteiger partial charge in [0.05, 0.1) is 12.9 Å². The van der Waals surface area contributed by atoms with Crippen LogP contribution in [-0.2, 0) is 16.9 Å². The van der Waals surface area contributed by atoms with Crippen LogP contribution in [0.15, 0.2) is 60.1 Å². The summed E-state index contributed by atoms with van der Waals surface area (Å²) in [5, 5.41) is 0.288. The van der Waals surface area contributed by atoms with E-state index in [2.05, 4.69) is 9.98 Å². The SMILES string of the molecule is CN1C(=O)C2(CC(C)(Cn3ccnc3)Oc3ccc(-c4cc(F)cc(Cl)c4)cc32)N=C1N. The van der Waals surface area contributed by atoms with Gasteiger partial charge in [-0.25, -0.2) is 14.4 Å². The standard InChI is InChI=1S/C23H21ClFN5O2/c1-22(12-30-6-5-27-13-30)11-23(20(31)29(2)21(26)28-23)18-9-14(3-4-19(18)32-22)15-7-16(24)10-17(25)8-15/h3-10,13H,11-12H2,1-2H3,(H2,26,28). The summed E-state index contributed by atoms with van der Waals surface area (Å²) >= 11 is 6.06. The van der Waals surface area contributed by atoms with Crippen LogP contribution in [0.1, 0.15) is 18.9 Å². The van der Waals surface area contributed by atoms with Gasteiger partial charge in [-0.15, -0.1) is 0 Å². The monoisotopic (exact) mass is 453 g/mol. The van der Waals surface area contributed by atoms with Gasteiger partial charge in [0.15, 0.2) is 11.5 Å². The maximum atomic E-state index is 14.0. The van der Waals surface area contributed by atoms with Crippen molar-refractivity contribution in [2.24, 2.45) is 10.7 Å². The smallest absolute Gasteiger partial charge is 0.261 e. The van der Waals surface area contributed by atoms with E-state index in [0.29, 0.717) is 29.0 Å². The Morgan fingerprint density at radius 3 is 2.72 bits per heavy atom. The number of hydrogen-bond donors (Lipinski definition) is 1. The van der Waals surface area contributed by atoms with Gasteiger partial charge in [0, 0.05) is 36.4 Å². The number of amides is 1. The van der Waals surface area contributed by atoms with E-state index in [0.717, 1.165) is 0 Å². The number of imidazole rings is 1. The normalized spacial score (nSPS) is 24.4. The van der Waals surface area contributed by atoms with Gasteiger partial charge in [-0.2, -0.15) is 0 Å². The molecule has 0 bridgehead atoms. The van der Waals surface area contributed by atoms with Crippen LogP contribution in [0.25, 0.3) is 11.1 Å². The molecule has 0 fully saturated rings. The molecule has 0 radical (unpaired) electrons. The zero-order valence-electron chi connectivity index (χ0n) is 17.5. The van der Waals surface area contributed by atoms with Crippen molar-refractivity contribution >= 4 is 23.5 Å². The predicted molar refractivity (Wildman–Crippen MR) is 119 cm³/mol. The summed E-state index contributed by atoms with van der Waals surface area (Å²) in [5.41, 5.74) is 5.97. The number of nitrogens with zero attached hydrogens (tertiary/aromatic N) is 4. The number of aromatic nitrogens is 2. The molecular weight excluding hydrogens is 433 g/mol. The van der Waals surface area contributed by atoms with Crippen LogP contribution in [0.4, 0.5) is 4.39 Å². The van der Waals surface area contributed by atoms with Crippen molar-refractivity contribution in [2.75, 3.05) is 7.05 Å². The van der Waals surface area contributed by atoms with E-state index < -0.39 is 17.0 Å². The van der Waals surface area contributed by atoms with Crippen molar-refractivity contribution in [1.82, 2.24) is 14.5 Å². The molecule has 2 aliphatic rings. The highest BCUT2D eigenvalue weighted by Gasteiger charge is 2.56. The highest BCUT2D eigenvalue weighted by molar-refractivity contribution is 6.30. The second-order valence-electron chi connectivity index (χ2n) is 8.53. The van der Waals surface area contributed by atoms with Crippen LogP contribution >= 0.6 is 11.6 Å². The molecule has 3 aromatic rings. The van der Waals surface area contributed by atoms with Crippen molar-refractivity contribution in [3.05, 3.63) is 71.5 Å². The van der Waals surface area contributed by atoms with E-state index in [1.165, 1.54) is 17.0 Å². The fourth-order valence-corrected chi connectivity index (χ4v) is 4.85. The topological polar surface area (TPSA) is 85.7 Å². The minimum absolute atomic E-state index is 0.145. The molecule has 164 valence electrons. The molecule has 2 aromatic carbocycles. The van der Waals surface area contributed by atoms with Gasteiger partial charge in [-0.1, -0.05) is 17.7 Å². The molecule has 32 heavy (non-hydrogen) atoms. The average Bonchev–Trinajstić information content (AvgIpc) is 3.30. The molecule has 0 saturated heterocycles. The first-order chi connectivity index (χ1) is 15.2. The summed E-state index contributed by atoms with van der Waals surface area (Å²) in [4.78, 5) is 23.6. The number of fused-ring (bicyclic) bond motifs is 2. The summed E-state index contributed by atoms with van der Waals surface area (Å²) in [6, 6.07) is 9.73. The Hall–Kier alpha value is -3.39. The second kappa shape index (κ2) is 7.06. The fourth-order valence-electron chi connectivity index (χ4n) is 4.63. The molecule has 2 atom stereocenters. The minimum atomic E-state index is -1.24. The number of hydrogen-bond acceptors (Lipinski definition) is 5. The van der Waals surface area contributed by atoms with Gasteiger partial charge >= 0.3 is 0 Å². The summed E-state index contributed by atoms with van der Waals surface area (Å²) in [6.45, 7) is 2.41. The molecule has 7 nitrogen and oxygen atoms in total. The Morgan fingerprint density at radius 2 is 2.06 bits per heavy atom. The lowest BCUT2D eigenvalue weighted by Crippen LogP contribution is -2.52. The van der Waals surface area contributed by atoms with Crippen molar-refractivity contribution in [1.29, 1.82) is 0 Å². The quantitative estimate of drug-likeness (QED) is 0.657. The van der Waals surface area contributed by atoms with Crippen molar-refractivity contribution < 1.29 is 13.9 Å². The predicted octanol–water partition coefficient (Wildman–Crippen LogP) is 3.57. The molecule has 2 unspecified atom stereocenters. The minimum Gasteiger partial charge on any atom is -0.485 e. The number of carbonyl (C=O) groups is 1. The number of carbonyl (C=O) groups excluding carboxylic acids is 1. The van der Waals surface area contributed by atoms with E-state index >= 15 is 0 Å². The van der Waals surface area contributed by atoms with Crippen LogP contribution in [0, 0.1) is 5.82 Å². The fraction of sp³-hybridized carbons (Fsp3) is 0.261. The number of benzene rings is 2. The molecule has 5 rings (SSSR count). The molecule has 3 heterocycles. The van der Waals surface area contributed by atoms with Crippen LogP contribution in [0.5, 0.6) is 5.75 Å². The van der Waals surface area contributed by atoms with E-state index in [1.807, 2.05) is 29.8 Å². The number of nitrogens with two attached hydrogens (primary N) is 1. The van der Waals surface area contributed by atoms with Gasteiger partial charge in [-0.05, 0) is 48.4 Å². The van der Waals surface area contributed by atoms with Gasteiger partial charge in [0.1, 0.15) is 17.2 Å². The average molecular weight is 454 g/mol. The molecule has 9 heteroatoms. The third-order valence-corrected chi connectivity index (χ3v) is 6.21. The molecule has 0 saturated carbocycles. The van der Waals surface area contributed by atoms with E-state index in [-0.39, 0.29) is 23.3 Å². The molecular formula is C23H21ClFN5O2. The third kappa shape index (κ3) is 3.22. The first-order valence-corrected chi connectivity index (χ1v) is 10.5. The lowest BCUT2D eigenvalue weighted by molar-refractivity contribution is -0.134. The largest absolute Gasteiger partial charge is 0.485 e. The highest BCUT2D eigenvalue weighted by atomic mass is 35.5. The lowest BCUT2D eigenvalue weighted by Gasteiger charge is -2.43. The van der Waals surface area contributed by atoms with E-state index in [9.17, 15) is 9.18 Å². The molecule has 2 aliphatic heterocycles. The van der Waals surface area contributed by atoms with Gasteiger partial charge < -0.3 is 15.0 Å². The Labute approximate surface area is 189 Å². The highest BCUT2D eigenvalue weighted by Crippen LogP contribution is 2.50. The van der Waals surface area contributed by atoms with Crippen molar-refractivity contribution in [3.63, 3.8) is 0 Å². The van der Waals surface area contributed by atoms with Gasteiger partial charge in [-0.3, -0.25) is 9.69 Å². The number of likely N-dealkylation sites (N-methyl/N-ethyl adjacent to an activating group) is 1. The number of halogens is 2. The van der Waals surface area contributed by atoms with E-state index in [4.69, 9.17) is 22.1 Å². The van der Waals surface area contributed by atoms with Gasteiger partial charge in [0.2, 0.25) is 0 Å². The molecule has 1 amide bonds. The first-order valence-electron chi connectivity index (χ1n) is 10.1. The summed E-state index contributed by atoms with van der Waals surface area (Å²) in [5.74, 6) is 0.00575. The maximum Gasteiger partial charge on any atom is 0.261 e. The summed E-state index contributed by atoms with van der Waals surface area (Å²) in [7, 11) is 1.61. The zero-order valence-corrected chi connectivity index (χ0v) is 18.3. The second-order valence-corrected chi connectivity index (χ2v) is 8.96. The number of aliphatic imine (C=N–C) groups is 1. The van der Waals surface area contributed by atoms with Crippen molar-refractivity contribution in [2.45, 2.75) is 31.0 Å². The molecule has 1 aromatic heterocycles. The number of ether oxygens (including phenoxy) is 1. The summed E-state index contributed by atoms with van der Waals surface area (Å²) in [6.07, 6.45) is 5.51. The van der Waals surface area contributed by atoms with Crippen LogP contribution < -0.4 is 10.5 Å². The van der Waals surface area contributed by atoms with Crippen molar-refractivity contribution in [3.8, 4) is 16.9 Å². The molecule has 0 aliphatic carbocycles. The Morgan fingerprint density at radius 1 is 1.25 bits per heavy atom. The first kappa shape index (κ1) is 20.5. The maximum absolute atomic E-state index is 14.0. The lowest BCUT2D eigenvalue weighted by atomic mass is 9.76. The Balaban J connectivity index is 1.66. The Bertz CT molecular complexity index is 1240. The third-order valence-electron chi connectivity index (χ3n) is 5.99. The molecule has 2 N–H and O–H groups in total. The molecule has 1 spiro atoms. The number of guanidine groups is 1. The van der Waals surface area contributed by atoms with Crippen LogP contribution in [0.2, 0.25) is 5.02 Å². The number of rotatable bonds is 3. The van der Waals surface area contributed by atoms with Crippen LogP contribution in [-0.4, -0.2) is 39.0 Å².